The average molecular weight is 236 g/mol. The number of carbonyl (C=O) groups excluding carboxylic acids is 1. The first kappa shape index (κ1) is 11.0. The Hall–Kier alpha value is -1.53. The molecule has 0 saturated heterocycles. The number of hydrogen-bond donors (Lipinski definition) is 0. The minimum atomic E-state index is -0.472. The van der Waals surface area contributed by atoms with Crippen LogP contribution in [0.25, 0.3) is 0 Å². The average Bonchev–Trinajstić information content (AvgIpc) is 3.09. The summed E-state index contributed by atoms with van der Waals surface area (Å²) in [7, 11) is 1.31. The highest BCUT2D eigenvalue weighted by atomic mass is 35.5. The largest absolute Gasteiger partial charge is 0.465 e. The molecule has 0 radical (unpaired) electrons. The van der Waals surface area contributed by atoms with E-state index in [9.17, 15) is 4.79 Å². The summed E-state index contributed by atoms with van der Waals surface area (Å²) in [5.74, 6) is -0.472. The molecule has 0 N–H and O–H groups in total. The van der Waals surface area contributed by atoms with Gasteiger partial charge in [-0.05, 0) is 30.5 Å². The van der Waals surface area contributed by atoms with Crippen molar-refractivity contribution in [1.29, 1.82) is 5.26 Å². The fourth-order valence-electron chi connectivity index (χ4n) is 1.68. The van der Waals surface area contributed by atoms with Gasteiger partial charge in [-0.15, -0.1) is 0 Å². The molecule has 0 spiro atoms. The molecule has 2 rings (SSSR count). The molecule has 1 saturated carbocycles. The second-order valence-electron chi connectivity index (χ2n) is 3.88. The van der Waals surface area contributed by atoms with Crippen molar-refractivity contribution in [1.82, 2.24) is 0 Å². The molecule has 1 aromatic carbocycles. The lowest BCUT2D eigenvalue weighted by Crippen LogP contribution is -2.07. The van der Waals surface area contributed by atoms with Gasteiger partial charge < -0.3 is 4.74 Å². The molecule has 0 atom stereocenters. The van der Waals surface area contributed by atoms with Crippen LogP contribution in [0.1, 0.15) is 28.8 Å². The van der Waals surface area contributed by atoms with Crippen LogP contribution in [0.3, 0.4) is 0 Å². The summed E-state index contributed by atoms with van der Waals surface area (Å²) in [6, 6.07) is 7.37. The molecule has 1 aliphatic rings. The highest BCUT2D eigenvalue weighted by molar-refractivity contribution is 6.33. The first-order valence-electron chi connectivity index (χ1n) is 4.92. The predicted octanol–water partition coefficient (Wildman–Crippen LogP) is 2.68. The monoisotopic (exact) mass is 235 g/mol. The Balaban J connectivity index is 2.45. The Morgan fingerprint density at radius 3 is 2.75 bits per heavy atom. The summed E-state index contributed by atoms with van der Waals surface area (Å²) < 4.78 is 4.63. The number of nitriles is 1. The second-order valence-corrected chi connectivity index (χ2v) is 4.29. The van der Waals surface area contributed by atoms with E-state index in [1.54, 1.807) is 18.2 Å². The Kier molecular flexibility index (Phi) is 2.61. The Labute approximate surface area is 98.6 Å². The van der Waals surface area contributed by atoms with Crippen molar-refractivity contribution in [3.63, 3.8) is 0 Å². The summed E-state index contributed by atoms with van der Waals surface area (Å²) in [5, 5.41) is 9.42. The molecule has 0 unspecified atom stereocenters. The fraction of sp³-hybridized carbons (Fsp3) is 0.333. The van der Waals surface area contributed by atoms with Crippen LogP contribution < -0.4 is 0 Å². The maximum Gasteiger partial charge on any atom is 0.339 e. The van der Waals surface area contributed by atoms with Gasteiger partial charge in [-0.25, -0.2) is 4.79 Å². The molecular formula is C12H10ClNO2. The van der Waals surface area contributed by atoms with Crippen LogP contribution >= 0.6 is 11.6 Å². The van der Waals surface area contributed by atoms with E-state index in [1.165, 1.54) is 7.11 Å². The van der Waals surface area contributed by atoms with Gasteiger partial charge in [0.05, 0.1) is 29.2 Å². The molecule has 0 bridgehead atoms. The third-order valence-corrected chi connectivity index (χ3v) is 3.22. The lowest BCUT2D eigenvalue weighted by molar-refractivity contribution is 0.0601. The second kappa shape index (κ2) is 3.80. The van der Waals surface area contributed by atoms with E-state index in [1.807, 2.05) is 0 Å². The zero-order valence-electron chi connectivity index (χ0n) is 8.79. The number of esters is 1. The molecule has 1 aliphatic carbocycles. The van der Waals surface area contributed by atoms with Crippen molar-refractivity contribution < 1.29 is 9.53 Å². The molecule has 0 amide bonds. The summed E-state index contributed by atoms with van der Waals surface area (Å²) in [6.45, 7) is 0. The smallest absolute Gasteiger partial charge is 0.339 e. The van der Waals surface area contributed by atoms with Crippen LogP contribution in [-0.2, 0) is 10.2 Å². The van der Waals surface area contributed by atoms with Crippen molar-refractivity contribution in [2.24, 2.45) is 0 Å². The summed E-state index contributed by atoms with van der Waals surface area (Å²) in [5.41, 5.74) is 0.760. The third kappa shape index (κ3) is 1.66. The van der Waals surface area contributed by atoms with Crippen LogP contribution in [0, 0.1) is 11.3 Å². The SMILES string of the molecule is COC(=O)c1cc(C2(C#N)CC2)ccc1Cl. The van der Waals surface area contributed by atoms with Gasteiger partial charge in [0, 0.05) is 0 Å². The summed E-state index contributed by atoms with van der Waals surface area (Å²) >= 11 is 5.90. The number of nitrogens with zero attached hydrogens (tertiary/aromatic N) is 1. The van der Waals surface area contributed by atoms with Crippen molar-refractivity contribution >= 4 is 17.6 Å². The van der Waals surface area contributed by atoms with Crippen LogP contribution in [0.5, 0.6) is 0 Å². The van der Waals surface area contributed by atoms with E-state index in [0.29, 0.717) is 10.6 Å². The van der Waals surface area contributed by atoms with Crippen LogP contribution in [0.2, 0.25) is 5.02 Å². The topological polar surface area (TPSA) is 50.1 Å². The van der Waals surface area contributed by atoms with Crippen molar-refractivity contribution in [2.45, 2.75) is 18.3 Å². The normalized spacial score (nSPS) is 16.3. The number of ether oxygens (including phenoxy) is 1. The standard InChI is InChI=1S/C12H10ClNO2/c1-16-11(15)9-6-8(2-3-10(9)13)12(7-14)4-5-12/h2-3,6H,4-5H2,1H3. The highest BCUT2D eigenvalue weighted by Gasteiger charge is 2.45. The zero-order valence-corrected chi connectivity index (χ0v) is 9.54. The van der Waals surface area contributed by atoms with Gasteiger partial charge in [-0.3, -0.25) is 0 Å². The molecule has 4 heteroatoms. The van der Waals surface area contributed by atoms with E-state index < -0.39 is 11.4 Å². The lowest BCUT2D eigenvalue weighted by atomic mass is 9.96. The van der Waals surface area contributed by atoms with Crippen molar-refractivity contribution in [3.05, 3.63) is 34.3 Å². The van der Waals surface area contributed by atoms with Gasteiger partial charge in [-0.2, -0.15) is 5.26 Å². The number of hydrogen-bond acceptors (Lipinski definition) is 3. The van der Waals surface area contributed by atoms with Crippen molar-refractivity contribution in [2.75, 3.05) is 7.11 Å². The van der Waals surface area contributed by atoms with E-state index in [0.717, 1.165) is 18.4 Å². The molecule has 82 valence electrons. The Morgan fingerprint density at radius 2 is 2.25 bits per heavy atom. The Bertz CT molecular complexity index is 486. The maximum absolute atomic E-state index is 11.4. The molecular weight excluding hydrogens is 226 g/mol. The van der Waals surface area contributed by atoms with E-state index in [2.05, 4.69) is 10.8 Å². The highest BCUT2D eigenvalue weighted by Crippen LogP contribution is 2.48. The van der Waals surface area contributed by atoms with Crippen LogP contribution in [-0.4, -0.2) is 13.1 Å². The number of benzene rings is 1. The van der Waals surface area contributed by atoms with E-state index in [4.69, 9.17) is 16.9 Å². The quantitative estimate of drug-likeness (QED) is 0.741. The van der Waals surface area contributed by atoms with Crippen LogP contribution in [0.4, 0.5) is 0 Å². The lowest BCUT2D eigenvalue weighted by Gasteiger charge is -2.09. The molecule has 1 aromatic rings. The molecule has 16 heavy (non-hydrogen) atoms. The number of methoxy groups -OCH3 is 1. The molecule has 0 heterocycles. The third-order valence-electron chi connectivity index (χ3n) is 2.89. The summed E-state index contributed by atoms with van der Waals surface area (Å²) in [4.78, 5) is 11.4. The van der Waals surface area contributed by atoms with Gasteiger partial charge in [0.2, 0.25) is 0 Å². The van der Waals surface area contributed by atoms with E-state index >= 15 is 0 Å². The molecule has 1 fully saturated rings. The van der Waals surface area contributed by atoms with Gasteiger partial charge in [0.1, 0.15) is 0 Å². The first-order valence-corrected chi connectivity index (χ1v) is 5.30. The fourth-order valence-corrected chi connectivity index (χ4v) is 1.87. The minimum Gasteiger partial charge on any atom is -0.465 e. The summed E-state index contributed by atoms with van der Waals surface area (Å²) in [6.07, 6.45) is 1.68. The van der Waals surface area contributed by atoms with Gasteiger partial charge in [-0.1, -0.05) is 17.7 Å². The molecule has 0 aromatic heterocycles. The van der Waals surface area contributed by atoms with E-state index in [-0.39, 0.29) is 0 Å². The zero-order chi connectivity index (χ0) is 11.8. The number of rotatable bonds is 2. The maximum atomic E-state index is 11.4. The van der Waals surface area contributed by atoms with Gasteiger partial charge >= 0.3 is 5.97 Å². The Morgan fingerprint density at radius 1 is 1.56 bits per heavy atom. The predicted molar refractivity (Wildman–Crippen MR) is 59.3 cm³/mol. The van der Waals surface area contributed by atoms with Gasteiger partial charge in [0.15, 0.2) is 0 Å². The van der Waals surface area contributed by atoms with Crippen LogP contribution in [0.15, 0.2) is 18.2 Å². The van der Waals surface area contributed by atoms with Gasteiger partial charge in [0.25, 0.3) is 0 Å². The number of carbonyl (C=O) groups is 1. The minimum absolute atomic E-state index is 0.322. The number of halogens is 1. The molecule has 3 nitrogen and oxygen atoms in total. The van der Waals surface area contributed by atoms with Crippen molar-refractivity contribution in [3.8, 4) is 6.07 Å². The molecule has 0 aliphatic heterocycles. The first-order chi connectivity index (χ1) is 7.63.